The van der Waals surface area contributed by atoms with E-state index in [0.29, 0.717) is 12.4 Å². The summed E-state index contributed by atoms with van der Waals surface area (Å²) < 4.78 is 5.61. The molecule has 0 heterocycles. The Hall–Kier alpha value is -2.36. The number of ether oxygens (including phenoxy) is 1. The van der Waals surface area contributed by atoms with Crippen molar-refractivity contribution in [2.75, 3.05) is 0 Å². The molecule has 0 atom stereocenters. The Morgan fingerprint density at radius 3 is 2.68 bits per heavy atom. The van der Waals surface area contributed by atoms with Gasteiger partial charge in [-0.15, -0.1) is 0 Å². The monoisotopic (exact) mass is 257 g/mol. The SMILES string of the molecule is Cc1ccc(C)c(COc2cccc([N+](=O)[O-])c2)c1. The standard InChI is InChI=1S/C15H15NO3/c1-11-6-7-12(2)13(8-11)10-19-15-5-3-4-14(9-15)16(17)18/h3-9H,10H2,1-2H3. The zero-order valence-corrected chi connectivity index (χ0v) is 10.9. The molecule has 0 N–H and O–H groups in total. The van der Waals surface area contributed by atoms with Crippen molar-refractivity contribution in [3.8, 4) is 5.75 Å². The first-order chi connectivity index (χ1) is 9.06. The average Bonchev–Trinajstić information content (AvgIpc) is 2.40. The lowest BCUT2D eigenvalue weighted by Gasteiger charge is -2.09. The first kappa shape index (κ1) is 13.1. The van der Waals surface area contributed by atoms with Crippen molar-refractivity contribution in [2.45, 2.75) is 20.5 Å². The van der Waals surface area contributed by atoms with Crippen LogP contribution >= 0.6 is 0 Å². The van der Waals surface area contributed by atoms with Gasteiger partial charge in [-0.2, -0.15) is 0 Å². The predicted octanol–water partition coefficient (Wildman–Crippen LogP) is 3.79. The zero-order chi connectivity index (χ0) is 13.8. The van der Waals surface area contributed by atoms with E-state index in [1.807, 2.05) is 26.0 Å². The molecule has 0 aliphatic heterocycles. The maximum Gasteiger partial charge on any atom is 0.273 e. The minimum Gasteiger partial charge on any atom is -0.489 e. The molecular weight excluding hydrogens is 242 g/mol. The van der Waals surface area contributed by atoms with Gasteiger partial charge < -0.3 is 4.74 Å². The smallest absolute Gasteiger partial charge is 0.273 e. The van der Waals surface area contributed by atoms with Gasteiger partial charge in [-0.3, -0.25) is 10.1 Å². The molecule has 4 nitrogen and oxygen atoms in total. The Labute approximate surface area is 111 Å². The lowest BCUT2D eigenvalue weighted by Crippen LogP contribution is -1.99. The van der Waals surface area contributed by atoms with Crippen LogP contribution in [-0.4, -0.2) is 4.92 Å². The summed E-state index contributed by atoms with van der Waals surface area (Å²) in [7, 11) is 0. The highest BCUT2D eigenvalue weighted by molar-refractivity contribution is 5.38. The molecule has 4 heteroatoms. The van der Waals surface area contributed by atoms with E-state index in [-0.39, 0.29) is 5.69 Å². The summed E-state index contributed by atoms with van der Waals surface area (Å²) in [6, 6.07) is 12.4. The second kappa shape index (κ2) is 5.52. The molecule has 2 aromatic carbocycles. The van der Waals surface area contributed by atoms with Crippen LogP contribution in [0.15, 0.2) is 42.5 Å². The first-order valence-electron chi connectivity index (χ1n) is 5.99. The van der Waals surface area contributed by atoms with Gasteiger partial charge in [0.25, 0.3) is 5.69 Å². The van der Waals surface area contributed by atoms with Gasteiger partial charge in [0.15, 0.2) is 0 Å². The molecule has 0 spiro atoms. The van der Waals surface area contributed by atoms with Crippen LogP contribution < -0.4 is 4.74 Å². The van der Waals surface area contributed by atoms with E-state index in [0.717, 1.165) is 11.1 Å². The summed E-state index contributed by atoms with van der Waals surface area (Å²) in [5, 5.41) is 10.7. The molecule has 98 valence electrons. The second-order valence-corrected chi connectivity index (χ2v) is 4.47. The summed E-state index contributed by atoms with van der Waals surface area (Å²) in [6.07, 6.45) is 0. The molecular formula is C15H15NO3. The van der Waals surface area contributed by atoms with E-state index < -0.39 is 4.92 Å². The van der Waals surface area contributed by atoms with Crippen molar-refractivity contribution in [3.05, 3.63) is 69.3 Å². The maximum absolute atomic E-state index is 10.7. The van der Waals surface area contributed by atoms with Gasteiger partial charge >= 0.3 is 0 Å². The highest BCUT2D eigenvalue weighted by Gasteiger charge is 2.07. The number of hydrogen-bond donors (Lipinski definition) is 0. The molecule has 0 saturated carbocycles. The number of non-ortho nitro benzene ring substituents is 1. The van der Waals surface area contributed by atoms with Crippen molar-refractivity contribution in [1.82, 2.24) is 0 Å². The summed E-state index contributed by atoms with van der Waals surface area (Å²) >= 11 is 0. The third-order valence-corrected chi connectivity index (χ3v) is 2.93. The fraction of sp³-hybridized carbons (Fsp3) is 0.200. The summed E-state index contributed by atoms with van der Waals surface area (Å²) in [4.78, 5) is 10.3. The van der Waals surface area contributed by atoms with Crippen LogP contribution in [0.1, 0.15) is 16.7 Å². The molecule has 0 fully saturated rings. The molecule has 0 unspecified atom stereocenters. The lowest BCUT2D eigenvalue weighted by molar-refractivity contribution is -0.384. The molecule has 2 aromatic rings. The molecule has 0 radical (unpaired) electrons. The van der Waals surface area contributed by atoms with Gasteiger partial charge in [-0.25, -0.2) is 0 Å². The van der Waals surface area contributed by atoms with Crippen LogP contribution in [0.4, 0.5) is 5.69 Å². The number of aryl methyl sites for hydroxylation is 2. The lowest BCUT2D eigenvalue weighted by atomic mass is 10.1. The van der Waals surface area contributed by atoms with E-state index >= 15 is 0 Å². The molecule has 0 aliphatic rings. The van der Waals surface area contributed by atoms with Crippen LogP contribution in [0.25, 0.3) is 0 Å². The van der Waals surface area contributed by atoms with Crippen molar-refractivity contribution < 1.29 is 9.66 Å². The minimum absolute atomic E-state index is 0.0402. The van der Waals surface area contributed by atoms with Crippen LogP contribution in [-0.2, 0) is 6.61 Å². The third-order valence-electron chi connectivity index (χ3n) is 2.93. The number of nitro benzene ring substituents is 1. The van der Waals surface area contributed by atoms with Crippen LogP contribution in [0.2, 0.25) is 0 Å². The summed E-state index contributed by atoms with van der Waals surface area (Å²) in [6.45, 7) is 4.45. The van der Waals surface area contributed by atoms with E-state index in [2.05, 4.69) is 6.07 Å². The zero-order valence-electron chi connectivity index (χ0n) is 10.9. The van der Waals surface area contributed by atoms with E-state index in [9.17, 15) is 10.1 Å². The molecule has 0 saturated heterocycles. The Morgan fingerprint density at radius 1 is 1.16 bits per heavy atom. The Kier molecular flexibility index (Phi) is 3.80. The molecule has 0 aliphatic carbocycles. The number of benzene rings is 2. The number of rotatable bonds is 4. The summed E-state index contributed by atoms with van der Waals surface area (Å²) in [5.74, 6) is 0.509. The highest BCUT2D eigenvalue weighted by atomic mass is 16.6. The largest absolute Gasteiger partial charge is 0.489 e. The quantitative estimate of drug-likeness (QED) is 0.618. The molecule has 0 amide bonds. The van der Waals surface area contributed by atoms with Crippen LogP contribution in [0.5, 0.6) is 5.75 Å². The number of nitro groups is 1. The third kappa shape index (κ3) is 3.31. The second-order valence-electron chi connectivity index (χ2n) is 4.47. The van der Waals surface area contributed by atoms with E-state index in [1.54, 1.807) is 12.1 Å². The summed E-state index contributed by atoms with van der Waals surface area (Å²) in [5.41, 5.74) is 3.45. The fourth-order valence-corrected chi connectivity index (χ4v) is 1.80. The van der Waals surface area contributed by atoms with Gasteiger partial charge in [0, 0.05) is 6.07 Å². The molecule has 19 heavy (non-hydrogen) atoms. The Balaban J connectivity index is 2.12. The number of nitrogens with zero attached hydrogens (tertiary/aromatic N) is 1. The average molecular weight is 257 g/mol. The van der Waals surface area contributed by atoms with E-state index in [1.165, 1.54) is 17.7 Å². The van der Waals surface area contributed by atoms with Crippen molar-refractivity contribution >= 4 is 5.69 Å². The van der Waals surface area contributed by atoms with Gasteiger partial charge in [-0.1, -0.05) is 29.8 Å². The van der Waals surface area contributed by atoms with E-state index in [4.69, 9.17) is 4.74 Å². The van der Waals surface area contributed by atoms with Gasteiger partial charge in [0.05, 0.1) is 11.0 Å². The van der Waals surface area contributed by atoms with Crippen LogP contribution in [0.3, 0.4) is 0 Å². The molecule has 0 aromatic heterocycles. The van der Waals surface area contributed by atoms with Gasteiger partial charge in [0.1, 0.15) is 12.4 Å². The predicted molar refractivity (Wildman–Crippen MR) is 73.3 cm³/mol. The normalized spacial score (nSPS) is 10.2. The van der Waals surface area contributed by atoms with Gasteiger partial charge in [-0.05, 0) is 31.0 Å². The van der Waals surface area contributed by atoms with Gasteiger partial charge in [0.2, 0.25) is 0 Å². The van der Waals surface area contributed by atoms with Crippen molar-refractivity contribution in [1.29, 1.82) is 0 Å². The topological polar surface area (TPSA) is 52.4 Å². The minimum atomic E-state index is -0.426. The maximum atomic E-state index is 10.7. The fourth-order valence-electron chi connectivity index (χ4n) is 1.80. The van der Waals surface area contributed by atoms with Crippen LogP contribution in [0, 0.1) is 24.0 Å². The Bertz CT molecular complexity index is 608. The Morgan fingerprint density at radius 2 is 1.95 bits per heavy atom. The van der Waals surface area contributed by atoms with Crippen molar-refractivity contribution in [3.63, 3.8) is 0 Å². The first-order valence-corrected chi connectivity index (χ1v) is 5.99. The highest BCUT2D eigenvalue weighted by Crippen LogP contribution is 2.21. The molecule has 2 rings (SSSR count). The van der Waals surface area contributed by atoms with Crippen molar-refractivity contribution in [2.24, 2.45) is 0 Å². The number of hydrogen-bond acceptors (Lipinski definition) is 3. The molecule has 0 bridgehead atoms.